The minimum atomic E-state index is -0.837. The standard InChI is InChI=1S/C14H23N3O/c1-10(2)12(11-6-5-7-16-8-11)9-17-13(18)14(3,4)15/h5-8,10,12H,9,15H2,1-4H3,(H,17,18). The number of aromatic nitrogens is 1. The molecule has 1 rings (SSSR count). The highest BCUT2D eigenvalue weighted by molar-refractivity contribution is 5.85. The molecule has 1 heterocycles. The predicted octanol–water partition coefficient (Wildman–Crippen LogP) is 1.67. The number of nitrogens with two attached hydrogens (primary N) is 1. The van der Waals surface area contributed by atoms with Gasteiger partial charge in [0.25, 0.3) is 0 Å². The molecule has 1 unspecified atom stereocenters. The van der Waals surface area contributed by atoms with Gasteiger partial charge in [0.05, 0.1) is 5.54 Å². The van der Waals surface area contributed by atoms with Crippen LogP contribution in [0.25, 0.3) is 0 Å². The molecule has 1 aromatic rings. The maximum Gasteiger partial charge on any atom is 0.239 e. The van der Waals surface area contributed by atoms with Crippen LogP contribution in [0.4, 0.5) is 0 Å². The number of nitrogens with one attached hydrogen (secondary N) is 1. The van der Waals surface area contributed by atoms with Crippen molar-refractivity contribution in [3.8, 4) is 0 Å². The largest absolute Gasteiger partial charge is 0.354 e. The van der Waals surface area contributed by atoms with Gasteiger partial charge in [0.15, 0.2) is 0 Å². The second kappa shape index (κ2) is 5.96. The summed E-state index contributed by atoms with van der Waals surface area (Å²) in [4.78, 5) is 15.9. The number of carbonyl (C=O) groups excluding carboxylic acids is 1. The van der Waals surface area contributed by atoms with E-state index in [-0.39, 0.29) is 11.8 Å². The molecular weight excluding hydrogens is 226 g/mol. The van der Waals surface area contributed by atoms with Crippen molar-refractivity contribution in [1.29, 1.82) is 0 Å². The third kappa shape index (κ3) is 4.11. The van der Waals surface area contributed by atoms with Crippen molar-refractivity contribution in [3.05, 3.63) is 30.1 Å². The van der Waals surface area contributed by atoms with E-state index in [0.717, 1.165) is 5.56 Å². The Hall–Kier alpha value is -1.42. The molecule has 4 nitrogen and oxygen atoms in total. The minimum absolute atomic E-state index is 0.128. The van der Waals surface area contributed by atoms with Crippen LogP contribution in [0.3, 0.4) is 0 Å². The van der Waals surface area contributed by atoms with Crippen LogP contribution in [0.1, 0.15) is 39.2 Å². The van der Waals surface area contributed by atoms with Crippen molar-refractivity contribution < 1.29 is 4.79 Å². The van der Waals surface area contributed by atoms with Gasteiger partial charge in [-0.2, -0.15) is 0 Å². The number of hydrogen-bond acceptors (Lipinski definition) is 3. The first-order valence-corrected chi connectivity index (χ1v) is 6.29. The zero-order chi connectivity index (χ0) is 13.8. The first-order valence-electron chi connectivity index (χ1n) is 6.29. The molecule has 0 aliphatic heterocycles. The van der Waals surface area contributed by atoms with Crippen molar-refractivity contribution in [3.63, 3.8) is 0 Å². The lowest BCUT2D eigenvalue weighted by Crippen LogP contribution is -2.50. The SMILES string of the molecule is CC(C)C(CNC(=O)C(C)(C)N)c1cccnc1. The fourth-order valence-corrected chi connectivity index (χ4v) is 1.76. The fraction of sp³-hybridized carbons (Fsp3) is 0.571. The van der Waals surface area contributed by atoms with Gasteiger partial charge in [-0.25, -0.2) is 0 Å². The summed E-state index contributed by atoms with van der Waals surface area (Å²) in [6, 6.07) is 3.96. The van der Waals surface area contributed by atoms with E-state index in [0.29, 0.717) is 12.5 Å². The van der Waals surface area contributed by atoms with E-state index in [1.807, 2.05) is 18.3 Å². The Bertz CT molecular complexity index is 382. The summed E-state index contributed by atoms with van der Waals surface area (Å²) < 4.78 is 0. The second-order valence-electron chi connectivity index (χ2n) is 5.57. The van der Waals surface area contributed by atoms with Gasteiger partial charge in [-0.1, -0.05) is 19.9 Å². The maximum atomic E-state index is 11.8. The van der Waals surface area contributed by atoms with Gasteiger partial charge in [-0.3, -0.25) is 9.78 Å². The third-order valence-corrected chi connectivity index (χ3v) is 2.99. The van der Waals surface area contributed by atoms with E-state index >= 15 is 0 Å². The zero-order valence-corrected chi connectivity index (χ0v) is 11.6. The highest BCUT2D eigenvalue weighted by Crippen LogP contribution is 2.22. The van der Waals surface area contributed by atoms with Crippen molar-refractivity contribution in [2.24, 2.45) is 11.7 Å². The van der Waals surface area contributed by atoms with Crippen LogP contribution in [0, 0.1) is 5.92 Å². The molecule has 100 valence electrons. The summed E-state index contributed by atoms with van der Waals surface area (Å²) in [5.41, 5.74) is 6.06. The summed E-state index contributed by atoms with van der Waals surface area (Å²) in [6.45, 7) is 8.27. The molecule has 18 heavy (non-hydrogen) atoms. The Kier molecular flexibility index (Phi) is 4.84. The normalized spacial score (nSPS) is 13.4. The van der Waals surface area contributed by atoms with Crippen LogP contribution in [-0.4, -0.2) is 23.0 Å². The predicted molar refractivity (Wildman–Crippen MR) is 73.1 cm³/mol. The van der Waals surface area contributed by atoms with E-state index in [2.05, 4.69) is 24.1 Å². The molecular formula is C14H23N3O. The number of carbonyl (C=O) groups is 1. The monoisotopic (exact) mass is 249 g/mol. The minimum Gasteiger partial charge on any atom is -0.354 e. The van der Waals surface area contributed by atoms with E-state index in [1.165, 1.54) is 0 Å². The highest BCUT2D eigenvalue weighted by Gasteiger charge is 2.24. The van der Waals surface area contributed by atoms with Crippen LogP contribution >= 0.6 is 0 Å². The lowest BCUT2D eigenvalue weighted by molar-refractivity contribution is -0.125. The van der Waals surface area contributed by atoms with Crippen LogP contribution in [0.2, 0.25) is 0 Å². The topological polar surface area (TPSA) is 68.0 Å². The molecule has 0 aromatic carbocycles. The van der Waals surface area contributed by atoms with Crippen LogP contribution in [-0.2, 0) is 4.79 Å². The molecule has 1 amide bonds. The maximum absolute atomic E-state index is 11.8. The number of amides is 1. The lowest BCUT2D eigenvalue weighted by Gasteiger charge is -2.24. The van der Waals surface area contributed by atoms with Crippen LogP contribution < -0.4 is 11.1 Å². The van der Waals surface area contributed by atoms with E-state index in [1.54, 1.807) is 20.0 Å². The smallest absolute Gasteiger partial charge is 0.239 e. The number of nitrogens with zero attached hydrogens (tertiary/aromatic N) is 1. The average Bonchev–Trinajstić information content (AvgIpc) is 2.28. The zero-order valence-electron chi connectivity index (χ0n) is 11.6. The Morgan fingerprint density at radius 1 is 1.50 bits per heavy atom. The first kappa shape index (κ1) is 14.6. The third-order valence-electron chi connectivity index (χ3n) is 2.99. The molecule has 0 aliphatic carbocycles. The lowest BCUT2D eigenvalue weighted by atomic mass is 9.89. The molecule has 0 saturated heterocycles. The summed E-state index contributed by atoms with van der Waals surface area (Å²) >= 11 is 0. The van der Waals surface area contributed by atoms with Gasteiger partial charge in [0.1, 0.15) is 0 Å². The van der Waals surface area contributed by atoms with Gasteiger partial charge >= 0.3 is 0 Å². The van der Waals surface area contributed by atoms with Gasteiger partial charge in [-0.05, 0) is 31.4 Å². The van der Waals surface area contributed by atoms with Crippen molar-refractivity contribution in [2.75, 3.05) is 6.54 Å². The molecule has 1 aromatic heterocycles. The quantitative estimate of drug-likeness (QED) is 0.834. The van der Waals surface area contributed by atoms with E-state index < -0.39 is 5.54 Å². The molecule has 0 aliphatic rings. The van der Waals surface area contributed by atoms with Crippen molar-refractivity contribution in [1.82, 2.24) is 10.3 Å². The molecule has 0 saturated carbocycles. The molecule has 3 N–H and O–H groups in total. The van der Waals surface area contributed by atoms with Crippen LogP contribution in [0.5, 0.6) is 0 Å². The molecule has 0 spiro atoms. The van der Waals surface area contributed by atoms with Gasteiger partial charge in [0, 0.05) is 24.9 Å². The number of hydrogen-bond donors (Lipinski definition) is 2. The molecule has 0 fully saturated rings. The number of rotatable bonds is 5. The van der Waals surface area contributed by atoms with E-state index in [4.69, 9.17) is 5.73 Å². The summed E-state index contributed by atoms with van der Waals surface area (Å²) in [7, 11) is 0. The molecule has 0 bridgehead atoms. The van der Waals surface area contributed by atoms with Crippen molar-refractivity contribution >= 4 is 5.91 Å². The van der Waals surface area contributed by atoms with E-state index in [9.17, 15) is 4.79 Å². The van der Waals surface area contributed by atoms with Gasteiger partial charge < -0.3 is 11.1 Å². The van der Waals surface area contributed by atoms with Crippen LogP contribution in [0.15, 0.2) is 24.5 Å². The Morgan fingerprint density at radius 3 is 2.61 bits per heavy atom. The number of pyridine rings is 1. The Morgan fingerprint density at radius 2 is 2.17 bits per heavy atom. The summed E-state index contributed by atoms with van der Waals surface area (Å²) in [5.74, 6) is 0.553. The average molecular weight is 249 g/mol. The highest BCUT2D eigenvalue weighted by atomic mass is 16.2. The molecule has 4 heteroatoms. The molecule has 0 radical (unpaired) electrons. The molecule has 1 atom stereocenters. The summed E-state index contributed by atoms with van der Waals surface area (Å²) in [6.07, 6.45) is 3.60. The van der Waals surface area contributed by atoms with Crippen molar-refractivity contribution in [2.45, 2.75) is 39.2 Å². The van der Waals surface area contributed by atoms with Gasteiger partial charge in [-0.15, -0.1) is 0 Å². The first-order chi connectivity index (χ1) is 8.32. The Labute approximate surface area is 109 Å². The summed E-state index contributed by atoms with van der Waals surface area (Å²) in [5, 5.41) is 2.91. The Balaban J connectivity index is 2.69. The fourth-order valence-electron chi connectivity index (χ4n) is 1.76. The van der Waals surface area contributed by atoms with Gasteiger partial charge in [0.2, 0.25) is 5.91 Å². The second-order valence-corrected chi connectivity index (χ2v) is 5.57.